The topological polar surface area (TPSA) is 68.1 Å². The first-order valence-corrected chi connectivity index (χ1v) is 9.65. The molecule has 0 unspecified atom stereocenters. The zero-order chi connectivity index (χ0) is 18.2. The van der Waals surface area contributed by atoms with Gasteiger partial charge in [0.25, 0.3) is 0 Å². The molecular weight excluding hydrogens is 358 g/mol. The molecule has 0 radical (unpaired) electrons. The third-order valence-electron chi connectivity index (χ3n) is 4.68. The number of benzene rings is 2. The maximum absolute atomic E-state index is 5.24. The third kappa shape index (κ3) is 2.90. The van der Waals surface area contributed by atoms with E-state index in [2.05, 4.69) is 33.4 Å². The molecule has 0 aliphatic carbocycles. The molecule has 5 rings (SSSR count). The fourth-order valence-corrected chi connectivity index (χ4v) is 4.11. The molecule has 7 heteroatoms. The second-order valence-corrected chi connectivity index (χ2v) is 7.25. The van der Waals surface area contributed by atoms with Crippen LogP contribution in [-0.2, 0) is 6.42 Å². The molecule has 6 nitrogen and oxygen atoms in total. The molecule has 27 heavy (non-hydrogen) atoms. The van der Waals surface area contributed by atoms with Gasteiger partial charge in [-0.2, -0.15) is 9.78 Å². The number of hydrogen-bond donors (Lipinski definition) is 1. The van der Waals surface area contributed by atoms with Crippen LogP contribution in [0.5, 0.6) is 5.75 Å². The van der Waals surface area contributed by atoms with Crippen molar-refractivity contribution in [3.05, 3.63) is 71.7 Å². The molecule has 0 bridgehead atoms. The van der Waals surface area contributed by atoms with Crippen LogP contribution in [0, 0.1) is 0 Å². The highest BCUT2D eigenvalue weighted by molar-refractivity contribution is 7.99. The van der Waals surface area contributed by atoms with Crippen molar-refractivity contribution >= 4 is 28.4 Å². The molecular formula is C20H17N5OS. The van der Waals surface area contributed by atoms with Gasteiger partial charge in [0.15, 0.2) is 5.82 Å². The van der Waals surface area contributed by atoms with E-state index in [4.69, 9.17) is 9.84 Å². The molecule has 1 aliphatic heterocycles. The number of nitrogens with one attached hydrogen (secondary N) is 1. The predicted molar refractivity (Wildman–Crippen MR) is 107 cm³/mol. The van der Waals surface area contributed by atoms with E-state index in [9.17, 15) is 0 Å². The van der Waals surface area contributed by atoms with Gasteiger partial charge in [0.1, 0.15) is 5.75 Å². The highest BCUT2D eigenvalue weighted by Crippen LogP contribution is 2.27. The summed E-state index contributed by atoms with van der Waals surface area (Å²) in [5.41, 5.74) is 4.41. The summed E-state index contributed by atoms with van der Waals surface area (Å²) in [6.07, 6.45) is 2.72. The zero-order valence-electron chi connectivity index (χ0n) is 14.7. The molecule has 0 amide bonds. The van der Waals surface area contributed by atoms with E-state index in [0.717, 1.165) is 39.3 Å². The normalized spacial score (nSPS) is 13.4. The number of methoxy groups -OCH3 is 1. The Kier molecular flexibility index (Phi) is 3.94. The predicted octanol–water partition coefficient (Wildman–Crippen LogP) is 3.72. The molecule has 0 fully saturated rings. The van der Waals surface area contributed by atoms with Crippen molar-refractivity contribution in [2.45, 2.75) is 11.6 Å². The number of H-pyrrole nitrogens is 1. The average molecular weight is 375 g/mol. The van der Waals surface area contributed by atoms with Crippen molar-refractivity contribution in [2.75, 3.05) is 12.9 Å². The third-order valence-corrected chi connectivity index (χ3v) is 5.61. The summed E-state index contributed by atoms with van der Waals surface area (Å²) in [7, 11) is 1.67. The smallest absolute Gasteiger partial charge is 0.212 e. The van der Waals surface area contributed by atoms with Crippen molar-refractivity contribution < 1.29 is 4.74 Å². The summed E-state index contributed by atoms with van der Waals surface area (Å²) < 4.78 is 7.11. The van der Waals surface area contributed by atoms with Crippen LogP contribution in [0.2, 0.25) is 0 Å². The van der Waals surface area contributed by atoms with E-state index in [1.807, 2.05) is 41.2 Å². The number of aromatic amines is 1. The molecule has 2 aromatic heterocycles. The highest BCUT2D eigenvalue weighted by atomic mass is 32.2. The lowest BCUT2D eigenvalue weighted by Crippen LogP contribution is -2.14. The van der Waals surface area contributed by atoms with Crippen LogP contribution >= 0.6 is 11.8 Å². The maximum Gasteiger partial charge on any atom is 0.212 e. The van der Waals surface area contributed by atoms with Crippen LogP contribution in [0.1, 0.15) is 17.0 Å². The Morgan fingerprint density at radius 2 is 1.96 bits per heavy atom. The van der Waals surface area contributed by atoms with Crippen LogP contribution < -0.4 is 4.74 Å². The number of para-hydroxylation sites is 1. The van der Waals surface area contributed by atoms with Crippen LogP contribution in [-0.4, -0.2) is 38.4 Å². The minimum absolute atomic E-state index is 0.678. The first kappa shape index (κ1) is 16.1. The van der Waals surface area contributed by atoms with E-state index >= 15 is 0 Å². The average Bonchev–Trinajstić information content (AvgIpc) is 3.32. The minimum atomic E-state index is 0.678. The van der Waals surface area contributed by atoms with Gasteiger partial charge in [0.05, 0.1) is 12.8 Å². The van der Waals surface area contributed by atoms with E-state index in [1.165, 1.54) is 10.9 Å². The lowest BCUT2D eigenvalue weighted by atomic mass is 10.1. The molecule has 3 heterocycles. The van der Waals surface area contributed by atoms with Crippen molar-refractivity contribution in [3.63, 3.8) is 0 Å². The second-order valence-electron chi connectivity index (χ2n) is 6.31. The molecule has 4 aromatic rings. The standard InChI is InChI=1S/C20H17N5OS/c1-26-15-8-6-13(7-9-15)18-12-27-20-23-22-19(25(20)24-18)10-14-11-21-17-5-3-2-4-16(14)17/h2-9,11,21H,10,12H2,1H3. The molecule has 1 N–H and O–H groups in total. The lowest BCUT2D eigenvalue weighted by molar-refractivity contribution is 0.415. The van der Waals surface area contributed by atoms with Gasteiger partial charge in [-0.3, -0.25) is 0 Å². The Balaban J connectivity index is 1.49. The summed E-state index contributed by atoms with van der Waals surface area (Å²) in [5, 5.41) is 15.6. The zero-order valence-corrected chi connectivity index (χ0v) is 15.5. The molecule has 2 aromatic carbocycles. The Hall–Kier alpha value is -3.06. The van der Waals surface area contributed by atoms with Gasteiger partial charge in [0.2, 0.25) is 5.16 Å². The molecule has 0 saturated heterocycles. The minimum Gasteiger partial charge on any atom is -0.497 e. The van der Waals surface area contributed by atoms with Crippen molar-refractivity contribution in [1.82, 2.24) is 19.9 Å². The quantitative estimate of drug-likeness (QED) is 0.590. The number of aromatic nitrogens is 4. The number of thioether (sulfide) groups is 1. The fourth-order valence-electron chi connectivity index (χ4n) is 3.25. The second kappa shape index (κ2) is 6.59. The first-order valence-electron chi connectivity index (χ1n) is 8.66. The number of hydrogen-bond acceptors (Lipinski definition) is 5. The van der Waals surface area contributed by atoms with E-state index in [0.29, 0.717) is 6.42 Å². The molecule has 134 valence electrons. The molecule has 0 atom stereocenters. The van der Waals surface area contributed by atoms with Crippen molar-refractivity contribution in [1.29, 1.82) is 0 Å². The van der Waals surface area contributed by atoms with Gasteiger partial charge < -0.3 is 9.72 Å². The maximum atomic E-state index is 5.24. The molecule has 1 aliphatic rings. The summed E-state index contributed by atoms with van der Waals surface area (Å²) in [6, 6.07) is 16.3. The number of ether oxygens (including phenoxy) is 1. The largest absolute Gasteiger partial charge is 0.497 e. The molecule has 0 spiro atoms. The summed E-state index contributed by atoms with van der Waals surface area (Å²) in [5.74, 6) is 2.46. The molecule has 0 saturated carbocycles. The highest BCUT2D eigenvalue weighted by Gasteiger charge is 2.20. The Bertz CT molecular complexity index is 1140. The van der Waals surface area contributed by atoms with Crippen LogP contribution in [0.25, 0.3) is 10.9 Å². The SMILES string of the molecule is COc1ccc(C2=Nn3c(Cc4c[nH]c5ccccc45)nnc3SC2)cc1. The van der Waals surface area contributed by atoms with Gasteiger partial charge >= 0.3 is 0 Å². The number of fused-ring (bicyclic) bond motifs is 2. The van der Waals surface area contributed by atoms with Gasteiger partial charge in [-0.1, -0.05) is 30.0 Å². The van der Waals surface area contributed by atoms with Crippen molar-refractivity contribution in [3.8, 4) is 5.75 Å². The van der Waals surface area contributed by atoms with Gasteiger partial charge in [-0.15, -0.1) is 10.2 Å². The Morgan fingerprint density at radius 3 is 2.81 bits per heavy atom. The van der Waals surface area contributed by atoms with Crippen LogP contribution in [0.3, 0.4) is 0 Å². The van der Waals surface area contributed by atoms with Crippen LogP contribution in [0.4, 0.5) is 0 Å². The van der Waals surface area contributed by atoms with E-state index in [1.54, 1.807) is 18.9 Å². The summed E-state index contributed by atoms with van der Waals surface area (Å²) >= 11 is 1.66. The van der Waals surface area contributed by atoms with Gasteiger partial charge in [-0.05, 0) is 41.5 Å². The summed E-state index contributed by atoms with van der Waals surface area (Å²) in [4.78, 5) is 3.32. The number of rotatable bonds is 4. The van der Waals surface area contributed by atoms with Crippen molar-refractivity contribution in [2.24, 2.45) is 5.10 Å². The van der Waals surface area contributed by atoms with Gasteiger partial charge in [-0.25, -0.2) is 0 Å². The van der Waals surface area contributed by atoms with Gasteiger partial charge in [0, 0.05) is 29.3 Å². The number of nitrogens with zero attached hydrogens (tertiary/aromatic N) is 4. The van der Waals surface area contributed by atoms with E-state index < -0.39 is 0 Å². The fraction of sp³-hybridized carbons (Fsp3) is 0.150. The Morgan fingerprint density at radius 1 is 1.11 bits per heavy atom. The lowest BCUT2D eigenvalue weighted by Gasteiger charge is -2.14. The van der Waals surface area contributed by atoms with E-state index in [-0.39, 0.29) is 0 Å². The summed E-state index contributed by atoms with van der Waals surface area (Å²) in [6.45, 7) is 0. The monoisotopic (exact) mass is 375 g/mol. The first-order chi connectivity index (χ1) is 13.3. The Labute approximate surface area is 160 Å². The van der Waals surface area contributed by atoms with Crippen LogP contribution in [0.15, 0.2) is 65.0 Å².